The summed E-state index contributed by atoms with van der Waals surface area (Å²) in [5, 5.41) is 7.78. The Morgan fingerprint density at radius 2 is 2.07 bits per heavy atom. The zero-order chi connectivity index (χ0) is 19.5. The van der Waals surface area contributed by atoms with E-state index in [1.54, 1.807) is 4.52 Å². The van der Waals surface area contributed by atoms with Gasteiger partial charge >= 0.3 is 0 Å². The van der Waals surface area contributed by atoms with Crippen LogP contribution in [0, 0.1) is 13.8 Å². The minimum Gasteiger partial charge on any atom is -0.381 e. The minimum absolute atomic E-state index is 0.206. The van der Waals surface area contributed by atoms with E-state index in [1.807, 2.05) is 36.9 Å². The highest BCUT2D eigenvalue weighted by Crippen LogP contribution is 2.19. The number of amides is 1. The van der Waals surface area contributed by atoms with Crippen LogP contribution in [0.3, 0.4) is 0 Å². The molecule has 1 saturated heterocycles. The third-order valence-corrected chi connectivity index (χ3v) is 5.50. The normalized spacial score (nSPS) is 17.1. The number of carbonyl (C=O) groups is 1. The minimum atomic E-state index is 0.206. The molecule has 1 atom stereocenters. The highest BCUT2D eigenvalue weighted by Gasteiger charge is 2.24. The number of rotatable bonds is 5. The van der Waals surface area contributed by atoms with Gasteiger partial charge in [0.2, 0.25) is 5.91 Å². The van der Waals surface area contributed by atoms with E-state index in [2.05, 4.69) is 32.5 Å². The number of para-hydroxylation sites is 1. The van der Waals surface area contributed by atoms with Crippen molar-refractivity contribution in [2.75, 3.05) is 18.4 Å². The van der Waals surface area contributed by atoms with Gasteiger partial charge in [0.05, 0.1) is 0 Å². The van der Waals surface area contributed by atoms with Crippen LogP contribution in [0.15, 0.2) is 36.7 Å². The Bertz CT molecular complexity index is 968. The van der Waals surface area contributed by atoms with Crippen molar-refractivity contribution in [2.45, 2.75) is 45.6 Å². The van der Waals surface area contributed by atoms with Crippen molar-refractivity contribution >= 4 is 17.4 Å². The zero-order valence-electron chi connectivity index (χ0n) is 16.4. The number of nitrogens with one attached hydrogen (secondary N) is 1. The molecule has 1 fully saturated rings. The lowest BCUT2D eigenvalue weighted by molar-refractivity contribution is -0.132. The van der Waals surface area contributed by atoms with E-state index in [4.69, 9.17) is 0 Å². The van der Waals surface area contributed by atoms with Crippen molar-refractivity contribution < 1.29 is 4.79 Å². The second kappa shape index (κ2) is 7.96. The third kappa shape index (κ3) is 3.83. The number of hydrogen-bond acceptors (Lipinski definition) is 5. The monoisotopic (exact) mass is 378 g/mol. The molecule has 7 heteroatoms. The molecule has 1 aliphatic rings. The number of hydrogen-bond donors (Lipinski definition) is 1. The fourth-order valence-corrected chi connectivity index (χ4v) is 4.00. The van der Waals surface area contributed by atoms with E-state index in [9.17, 15) is 4.79 Å². The van der Waals surface area contributed by atoms with Crippen molar-refractivity contribution in [3.05, 3.63) is 53.6 Å². The zero-order valence-corrected chi connectivity index (χ0v) is 16.4. The quantitative estimate of drug-likeness (QED) is 0.739. The van der Waals surface area contributed by atoms with Crippen LogP contribution in [-0.2, 0) is 11.2 Å². The predicted octanol–water partition coefficient (Wildman–Crippen LogP) is 2.78. The summed E-state index contributed by atoms with van der Waals surface area (Å²) in [5.41, 5.74) is 4.13. The number of piperidine rings is 1. The van der Waals surface area contributed by atoms with E-state index in [0.29, 0.717) is 24.7 Å². The van der Waals surface area contributed by atoms with Gasteiger partial charge in [-0.05, 0) is 50.8 Å². The van der Waals surface area contributed by atoms with Gasteiger partial charge in [-0.1, -0.05) is 18.2 Å². The summed E-state index contributed by atoms with van der Waals surface area (Å²) in [7, 11) is 0. The lowest BCUT2D eigenvalue weighted by Gasteiger charge is -2.34. The van der Waals surface area contributed by atoms with Crippen LogP contribution in [0.1, 0.15) is 36.2 Å². The SMILES string of the molecule is Cc1nc2ncnn2c(C)c1CCC(=O)N1CCC[C@H](Nc2ccccc2)C1. The first-order valence-electron chi connectivity index (χ1n) is 9.87. The van der Waals surface area contributed by atoms with E-state index in [1.165, 1.54) is 6.33 Å². The number of likely N-dealkylation sites (tertiary alicyclic amines) is 1. The molecule has 28 heavy (non-hydrogen) atoms. The van der Waals surface area contributed by atoms with E-state index < -0.39 is 0 Å². The molecule has 0 spiro atoms. The molecular weight excluding hydrogens is 352 g/mol. The molecule has 3 heterocycles. The Morgan fingerprint density at radius 3 is 2.89 bits per heavy atom. The Morgan fingerprint density at radius 1 is 1.25 bits per heavy atom. The molecule has 3 aromatic rings. The number of anilines is 1. The smallest absolute Gasteiger partial charge is 0.252 e. The first-order valence-corrected chi connectivity index (χ1v) is 9.87. The summed E-state index contributed by atoms with van der Waals surface area (Å²) in [5.74, 6) is 0.813. The number of benzene rings is 1. The number of fused-ring (bicyclic) bond motifs is 1. The summed E-state index contributed by atoms with van der Waals surface area (Å²) in [6.07, 6.45) is 4.79. The lowest BCUT2D eigenvalue weighted by Crippen LogP contribution is -2.45. The van der Waals surface area contributed by atoms with E-state index >= 15 is 0 Å². The van der Waals surface area contributed by atoms with Crippen molar-refractivity contribution in [1.29, 1.82) is 0 Å². The summed E-state index contributed by atoms with van der Waals surface area (Å²) in [6.45, 7) is 5.58. The largest absolute Gasteiger partial charge is 0.381 e. The van der Waals surface area contributed by atoms with Gasteiger partial charge in [0.25, 0.3) is 5.78 Å². The Balaban J connectivity index is 1.38. The molecule has 1 aromatic carbocycles. The summed E-state index contributed by atoms with van der Waals surface area (Å²) in [4.78, 5) is 23.5. The molecule has 0 aliphatic carbocycles. The van der Waals surface area contributed by atoms with Crippen LogP contribution in [0.25, 0.3) is 5.78 Å². The third-order valence-electron chi connectivity index (χ3n) is 5.50. The van der Waals surface area contributed by atoms with E-state index in [-0.39, 0.29) is 5.91 Å². The maximum absolute atomic E-state index is 12.8. The van der Waals surface area contributed by atoms with Crippen LogP contribution < -0.4 is 5.32 Å². The van der Waals surface area contributed by atoms with Gasteiger partial charge in [0.15, 0.2) is 0 Å². The van der Waals surface area contributed by atoms with Crippen LogP contribution in [0.4, 0.5) is 5.69 Å². The van der Waals surface area contributed by atoms with Gasteiger partial charge in [0, 0.05) is 42.6 Å². The summed E-state index contributed by atoms with van der Waals surface area (Å²) < 4.78 is 1.74. The second-order valence-electron chi connectivity index (χ2n) is 7.42. The maximum Gasteiger partial charge on any atom is 0.252 e. The second-order valence-corrected chi connectivity index (χ2v) is 7.42. The topological polar surface area (TPSA) is 75.4 Å². The Hall–Kier alpha value is -2.96. The van der Waals surface area contributed by atoms with Crippen LogP contribution in [0.2, 0.25) is 0 Å². The standard InChI is InChI=1S/C21H26N6O/c1-15-19(16(2)27-21(24-15)22-14-23-27)10-11-20(28)26-12-6-9-18(13-26)25-17-7-4-3-5-8-17/h3-5,7-8,14,18,25H,6,9-13H2,1-2H3/t18-/m0/s1. The lowest BCUT2D eigenvalue weighted by atomic mass is 10.0. The first kappa shape index (κ1) is 18.4. The molecule has 0 bridgehead atoms. The van der Waals surface area contributed by atoms with Crippen molar-refractivity contribution in [3.8, 4) is 0 Å². The van der Waals surface area contributed by atoms with E-state index in [0.717, 1.165) is 48.6 Å². The van der Waals surface area contributed by atoms with Crippen LogP contribution >= 0.6 is 0 Å². The molecule has 1 amide bonds. The molecule has 1 aliphatic heterocycles. The molecule has 146 valence electrons. The predicted molar refractivity (Wildman–Crippen MR) is 108 cm³/mol. The fraction of sp³-hybridized carbons (Fsp3) is 0.429. The average Bonchev–Trinajstić information content (AvgIpc) is 3.17. The molecule has 0 unspecified atom stereocenters. The van der Waals surface area contributed by atoms with Gasteiger partial charge in [-0.2, -0.15) is 10.1 Å². The maximum atomic E-state index is 12.8. The number of nitrogens with zero attached hydrogens (tertiary/aromatic N) is 5. The first-order chi connectivity index (χ1) is 13.6. The molecule has 4 rings (SSSR count). The van der Waals surface area contributed by atoms with Crippen molar-refractivity contribution in [3.63, 3.8) is 0 Å². The van der Waals surface area contributed by atoms with Crippen LogP contribution in [0.5, 0.6) is 0 Å². The summed E-state index contributed by atoms with van der Waals surface area (Å²) in [6, 6.07) is 10.5. The van der Waals surface area contributed by atoms with Gasteiger partial charge in [-0.15, -0.1) is 0 Å². The molecule has 1 N–H and O–H groups in total. The number of aryl methyl sites for hydroxylation is 2. The Labute approximate surface area is 164 Å². The van der Waals surface area contributed by atoms with Crippen molar-refractivity contribution in [1.82, 2.24) is 24.5 Å². The average molecular weight is 378 g/mol. The van der Waals surface area contributed by atoms with Gasteiger partial charge in [-0.25, -0.2) is 9.50 Å². The number of carbonyl (C=O) groups excluding carboxylic acids is 1. The molecule has 0 radical (unpaired) electrons. The van der Waals surface area contributed by atoms with Gasteiger partial charge < -0.3 is 10.2 Å². The fourth-order valence-electron chi connectivity index (χ4n) is 4.00. The highest BCUT2D eigenvalue weighted by molar-refractivity contribution is 5.76. The number of aromatic nitrogens is 4. The molecule has 2 aromatic heterocycles. The van der Waals surface area contributed by atoms with Gasteiger partial charge in [0.1, 0.15) is 6.33 Å². The van der Waals surface area contributed by atoms with Gasteiger partial charge in [-0.3, -0.25) is 4.79 Å². The highest BCUT2D eigenvalue weighted by atomic mass is 16.2. The summed E-state index contributed by atoms with van der Waals surface area (Å²) >= 11 is 0. The molecular formula is C21H26N6O. The molecule has 0 saturated carbocycles. The molecule has 7 nitrogen and oxygen atoms in total. The Kier molecular flexibility index (Phi) is 5.23. The van der Waals surface area contributed by atoms with Crippen LogP contribution in [-0.4, -0.2) is 49.5 Å². The van der Waals surface area contributed by atoms with Crippen molar-refractivity contribution in [2.24, 2.45) is 0 Å².